The molecule has 0 saturated carbocycles. The van der Waals surface area contributed by atoms with Gasteiger partial charge in [-0.2, -0.15) is 5.10 Å². The highest BCUT2D eigenvalue weighted by molar-refractivity contribution is 5.63. The van der Waals surface area contributed by atoms with E-state index in [9.17, 15) is 0 Å². The van der Waals surface area contributed by atoms with Gasteiger partial charge in [-0.05, 0) is 42.0 Å². The first kappa shape index (κ1) is 16.0. The molecule has 128 valence electrons. The molecule has 0 N–H and O–H groups in total. The fourth-order valence-electron chi connectivity index (χ4n) is 2.75. The van der Waals surface area contributed by atoms with E-state index in [0.717, 1.165) is 28.3 Å². The van der Waals surface area contributed by atoms with Crippen LogP contribution < -0.4 is 4.74 Å². The summed E-state index contributed by atoms with van der Waals surface area (Å²) in [6.45, 7) is 0.704. The predicted octanol–water partition coefficient (Wildman–Crippen LogP) is 4.06. The Morgan fingerprint density at radius 3 is 2.38 bits per heavy atom. The smallest absolute Gasteiger partial charge is 0.118 e. The Hall–Kier alpha value is -3.47. The summed E-state index contributed by atoms with van der Waals surface area (Å²) < 4.78 is 7.10. The number of methoxy groups -OCH3 is 1. The summed E-state index contributed by atoms with van der Waals surface area (Å²) in [6, 6.07) is 17.9. The second kappa shape index (κ2) is 7.19. The summed E-state index contributed by atoms with van der Waals surface area (Å²) in [7, 11) is 1.67. The molecule has 0 aliphatic carbocycles. The molecule has 0 atom stereocenters. The highest BCUT2D eigenvalue weighted by atomic mass is 16.5. The van der Waals surface area contributed by atoms with E-state index in [4.69, 9.17) is 4.74 Å². The van der Waals surface area contributed by atoms with Crippen LogP contribution in [0.4, 0.5) is 0 Å². The Balaban J connectivity index is 1.50. The summed E-state index contributed by atoms with van der Waals surface area (Å²) in [5, 5.41) is 4.44. The van der Waals surface area contributed by atoms with Crippen LogP contribution in [-0.2, 0) is 6.54 Å². The fourth-order valence-corrected chi connectivity index (χ4v) is 2.75. The highest BCUT2D eigenvalue weighted by Gasteiger charge is 2.06. The van der Waals surface area contributed by atoms with Gasteiger partial charge in [0.15, 0.2) is 0 Å². The van der Waals surface area contributed by atoms with Crippen LogP contribution in [0.3, 0.4) is 0 Å². The maximum absolute atomic E-state index is 5.19. The predicted molar refractivity (Wildman–Crippen MR) is 101 cm³/mol. The zero-order valence-electron chi connectivity index (χ0n) is 14.4. The minimum absolute atomic E-state index is 0.704. The van der Waals surface area contributed by atoms with E-state index in [1.54, 1.807) is 13.3 Å². The van der Waals surface area contributed by atoms with E-state index >= 15 is 0 Å². The molecule has 3 aromatic heterocycles. The van der Waals surface area contributed by atoms with Crippen LogP contribution in [0.1, 0.15) is 5.56 Å². The Labute approximate surface area is 151 Å². The molecule has 0 bridgehead atoms. The summed E-state index contributed by atoms with van der Waals surface area (Å²) in [4.78, 5) is 8.91. The van der Waals surface area contributed by atoms with E-state index in [-0.39, 0.29) is 0 Å². The lowest BCUT2D eigenvalue weighted by atomic mass is 10.1. The average Bonchev–Trinajstić information content (AvgIpc) is 3.18. The molecular weight excluding hydrogens is 324 g/mol. The number of pyridine rings is 2. The summed E-state index contributed by atoms with van der Waals surface area (Å²) in [5.74, 6) is 0.854. The van der Waals surface area contributed by atoms with Crippen LogP contribution in [0.15, 0.2) is 79.4 Å². The molecule has 1 aromatic carbocycles. The van der Waals surface area contributed by atoms with E-state index in [2.05, 4.69) is 15.1 Å². The Morgan fingerprint density at radius 2 is 1.69 bits per heavy atom. The molecule has 5 nitrogen and oxygen atoms in total. The number of rotatable bonds is 5. The normalized spacial score (nSPS) is 10.7. The lowest BCUT2D eigenvalue weighted by molar-refractivity contribution is 0.414. The molecule has 26 heavy (non-hydrogen) atoms. The van der Waals surface area contributed by atoms with Gasteiger partial charge in [0.2, 0.25) is 0 Å². The average molecular weight is 342 g/mol. The van der Waals surface area contributed by atoms with Gasteiger partial charge in [0.05, 0.1) is 31.2 Å². The highest BCUT2D eigenvalue weighted by Crippen LogP contribution is 2.21. The monoisotopic (exact) mass is 342 g/mol. The number of nitrogens with zero attached hydrogens (tertiary/aromatic N) is 4. The van der Waals surface area contributed by atoms with E-state index < -0.39 is 0 Å². The maximum Gasteiger partial charge on any atom is 0.118 e. The number of aromatic nitrogens is 4. The first-order valence-electron chi connectivity index (χ1n) is 8.35. The van der Waals surface area contributed by atoms with Crippen LogP contribution in [0.2, 0.25) is 0 Å². The summed E-state index contributed by atoms with van der Waals surface area (Å²) in [5.41, 5.74) is 4.97. The minimum atomic E-state index is 0.704. The van der Waals surface area contributed by atoms with Crippen molar-refractivity contribution >= 4 is 0 Å². The van der Waals surface area contributed by atoms with Crippen LogP contribution in [-0.4, -0.2) is 26.9 Å². The van der Waals surface area contributed by atoms with Gasteiger partial charge >= 0.3 is 0 Å². The third kappa shape index (κ3) is 3.47. The van der Waals surface area contributed by atoms with Gasteiger partial charge in [-0.25, -0.2) is 0 Å². The largest absolute Gasteiger partial charge is 0.497 e. The van der Waals surface area contributed by atoms with Crippen molar-refractivity contribution in [3.05, 3.63) is 84.9 Å². The van der Waals surface area contributed by atoms with Crippen molar-refractivity contribution in [3.8, 4) is 28.3 Å². The molecule has 0 spiro atoms. The topological polar surface area (TPSA) is 52.8 Å². The molecule has 0 fully saturated rings. The fraction of sp³-hybridized carbons (Fsp3) is 0.0952. The Kier molecular flexibility index (Phi) is 4.43. The zero-order chi connectivity index (χ0) is 17.8. The molecule has 0 unspecified atom stereocenters. The molecule has 4 aromatic rings. The van der Waals surface area contributed by atoms with E-state index in [0.29, 0.717) is 6.54 Å². The number of benzene rings is 1. The van der Waals surface area contributed by atoms with Crippen molar-refractivity contribution in [2.75, 3.05) is 7.11 Å². The van der Waals surface area contributed by atoms with Crippen molar-refractivity contribution in [2.24, 2.45) is 0 Å². The number of hydrogen-bond acceptors (Lipinski definition) is 4. The van der Waals surface area contributed by atoms with Gasteiger partial charge in [0.25, 0.3) is 0 Å². The summed E-state index contributed by atoms with van der Waals surface area (Å²) >= 11 is 0. The first-order chi connectivity index (χ1) is 12.8. The van der Waals surface area contributed by atoms with Gasteiger partial charge in [0, 0.05) is 29.7 Å². The van der Waals surface area contributed by atoms with Crippen LogP contribution in [0, 0.1) is 0 Å². The molecule has 0 aliphatic heterocycles. The van der Waals surface area contributed by atoms with Crippen molar-refractivity contribution in [1.29, 1.82) is 0 Å². The summed E-state index contributed by atoms with van der Waals surface area (Å²) in [6.07, 6.45) is 7.48. The number of hydrogen-bond donors (Lipinski definition) is 0. The standard InChI is InChI=1S/C21H18N4O/c1-26-19-8-5-16(6-9-19)14-25-15-18(13-24-25)21-10-7-17(12-23-21)20-4-2-3-11-22-20/h2-13,15H,14H2,1H3. The second-order valence-corrected chi connectivity index (χ2v) is 5.92. The van der Waals surface area contributed by atoms with Crippen molar-refractivity contribution in [3.63, 3.8) is 0 Å². The molecule has 5 heteroatoms. The Bertz CT molecular complexity index is 977. The molecular formula is C21H18N4O. The van der Waals surface area contributed by atoms with E-state index in [1.807, 2.05) is 77.9 Å². The third-order valence-corrected chi connectivity index (χ3v) is 4.16. The molecule has 4 rings (SSSR count). The molecule has 0 saturated heterocycles. The molecule has 0 radical (unpaired) electrons. The second-order valence-electron chi connectivity index (χ2n) is 5.92. The van der Waals surface area contributed by atoms with Crippen LogP contribution in [0.5, 0.6) is 5.75 Å². The van der Waals surface area contributed by atoms with Crippen LogP contribution >= 0.6 is 0 Å². The van der Waals surface area contributed by atoms with Gasteiger partial charge in [-0.15, -0.1) is 0 Å². The van der Waals surface area contributed by atoms with Gasteiger partial charge in [0.1, 0.15) is 5.75 Å². The quantitative estimate of drug-likeness (QED) is 0.549. The van der Waals surface area contributed by atoms with Crippen LogP contribution in [0.25, 0.3) is 22.5 Å². The lowest BCUT2D eigenvalue weighted by Gasteiger charge is -2.04. The number of ether oxygens (including phenoxy) is 1. The van der Waals surface area contributed by atoms with Crippen molar-refractivity contribution < 1.29 is 4.74 Å². The van der Waals surface area contributed by atoms with Gasteiger partial charge in [-0.3, -0.25) is 14.6 Å². The molecule has 0 aliphatic rings. The first-order valence-corrected chi connectivity index (χ1v) is 8.35. The molecule has 0 amide bonds. The lowest BCUT2D eigenvalue weighted by Crippen LogP contribution is -1.99. The van der Waals surface area contributed by atoms with E-state index in [1.165, 1.54) is 5.56 Å². The molecule has 3 heterocycles. The minimum Gasteiger partial charge on any atom is -0.497 e. The van der Waals surface area contributed by atoms with Gasteiger partial charge in [-0.1, -0.05) is 18.2 Å². The van der Waals surface area contributed by atoms with Crippen molar-refractivity contribution in [1.82, 2.24) is 19.7 Å². The van der Waals surface area contributed by atoms with Crippen molar-refractivity contribution in [2.45, 2.75) is 6.54 Å². The SMILES string of the molecule is COc1ccc(Cn2cc(-c3ccc(-c4ccccn4)cn3)cn2)cc1. The maximum atomic E-state index is 5.19. The third-order valence-electron chi connectivity index (χ3n) is 4.16. The Morgan fingerprint density at radius 1 is 0.846 bits per heavy atom. The van der Waals surface area contributed by atoms with Gasteiger partial charge < -0.3 is 4.74 Å². The zero-order valence-corrected chi connectivity index (χ0v) is 14.4.